The summed E-state index contributed by atoms with van der Waals surface area (Å²) in [5, 5.41) is 8.82. The van der Waals surface area contributed by atoms with Gasteiger partial charge < -0.3 is 4.90 Å². The molecule has 0 aliphatic heterocycles. The lowest BCUT2D eigenvalue weighted by atomic mass is 9.90. The van der Waals surface area contributed by atoms with Gasteiger partial charge in [-0.15, -0.1) is 0 Å². The fraction of sp³-hybridized carbons (Fsp3) is 0.909. The van der Waals surface area contributed by atoms with Crippen LogP contribution in [0.4, 0.5) is 0 Å². The summed E-state index contributed by atoms with van der Waals surface area (Å²) in [5.74, 6) is 0. The first kappa shape index (κ1) is 10.5. The largest absolute Gasteiger partial charge is 0.303 e. The third-order valence-corrected chi connectivity index (χ3v) is 2.79. The van der Waals surface area contributed by atoms with Gasteiger partial charge in [0, 0.05) is 6.04 Å². The molecule has 0 unspecified atom stereocenters. The number of hydrogen-bond donors (Lipinski definition) is 0. The minimum atomic E-state index is -0.135. The molecule has 1 rings (SSSR count). The van der Waals surface area contributed by atoms with Crippen molar-refractivity contribution in [1.82, 2.24) is 4.90 Å². The summed E-state index contributed by atoms with van der Waals surface area (Å²) >= 11 is 0. The fourth-order valence-corrected chi connectivity index (χ4v) is 1.52. The third kappa shape index (κ3) is 3.78. The van der Waals surface area contributed by atoms with E-state index in [0.717, 1.165) is 25.4 Å². The summed E-state index contributed by atoms with van der Waals surface area (Å²) in [6.45, 7) is 5.18. The van der Waals surface area contributed by atoms with E-state index in [4.69, 9.17) is 5.26 Å². The van der Waals surface area contributed by atoms with Crippen LogP contribution in [0, 0.1) is 16.7 Å². The maximum atomic E-state index is 8.82. The molecular weight excluding hydrogens is 160 g/mol. The zero-order chi connectivity index (χ0) is 9.90. The van der Waals surface area contributed by atoms with E-state index >= 15 is 0 Å². The van der Waals surface area contributed by atoms with Crippen LogP contribution >= 0.6 is 0 Å². The van der Waals surface area contributed by atoms with Crippen LogP contribution in [-0.2, 0) is 0 Å². The van der Waals surface area contributed by atoms with Gasteiger partial charge in [0.2, 0.25) is 0 Å². The van der Waals surface area contributed by atoms with Gasteiger partial charge in [-0.3, -0.25) is 0 Å². The molecule has 0 amide bonds. The number of hydrogen-bond acceptors (Lipinski definition) is 2. The second-order valence-corrected chi connectivity index (χ2v) is 4.81. The van der Waals surface area contributed by atoms with Gasteiger partial charge in [0.25, 0.3) is 0 Å². The van der Waals surface area contributed by atoms with Gasteiger partial charge in [0.05, 0.1) is 11.5 Å². The Kier molecular flexibility index (Phi) is 3.33. The van der Waals surface area contributed by atoms with Crippen molar-refractivity contribution < 1.29 is 0 Å². The summed E-state index contributed by atoms with van der Waals surface area (Å²) in [4.78, 5) is 2.42. The first-order valence-electron chi connectivity index (χ1n) is 5.17. The molecule has 13 heavy (non-hydrogen) atoms. The quantitative estimate of drug-likeness (QED) is 0.649. The van der Waals surface area contributed by atoms with E-state index in [9.17, 15) is 0 Å². The molecule has 2 nitrogen and oxygen atoms in total. The highest BCUT2D eigenvalue weighted by atomic mass is 15.1. The maximum absolute atomic E-state index is 8.82. The molecule has 0 radical (unpaired) electrons. The molecule has 1 saturated carbocycles. The average Bonchev–Trinajstić information content (AvgIpc) is 2.86. The molecule has 74 valence electrons. The zero-order valence-electron chi connectivity index (χ0n) is 9.01. The van der Waals surface area contributed by atoms with Gasteiger partial charge in [-0.1, -0.05) is 0 Å². The van der Waals surface area contributed by atoms with Crippen molar-refractivity contribution in [3.8, 4) is 6.07 Å². The Morgan fingerprint density at radius 1 is 1.46 bits per heavy atom. The predicted molar refractivity (Wildman–Crippen MR) is 54.3 cm³/mol. The molecule has 2 heteroatoms. The standard InChI is InChI=1S/C11H20N2/c1-11(2,9-12)7-4-8-13(3)10-5-6-10/h10H,4-8H2,1-3H3. The van der Waals surface area contributed by atoms with Gasteiger partial charge in [-0.05, 0) is 53.1 Å². The molecule has 1 fully saturated rings. The van der Waals surface area contributed by atoms with E-state index in [-0.39, 0.29) is 5.41 Å². The van der Waals surface area contributed by atoms with Crippen LogP contribution in [-0.4, -0.2) is 24.5 Å². The van der Waals surface area contributed by atoms with Crippen molar-refractivity contribution in [1.29, 1.82) is 5.26 Å². The Labute approximate surface area is 81.5 Å². The Morgan fingerprint density at radius 2 is 2.08 bits per heavy atom. The normalized spacial score (nSPS) is 17.5. The second kappa shape index (κ2) is 4.11. The van der Waals surface area contributed by atoms with Crippen molar-refractivity contribution in [3.63, 3.8) is 0 Å². The molecular formula is C11H20N2. The lowest BCUT2D eigenvalue weighted by molar-refractivity contribution is 0.296. The number of rotatable bonds is 5. The number of nitrogens with zero attached hydrogens (tertiary/aromatic N) is 2. The summed E-state index contributed by atoms with van der Waals surface area (Å²) in [6.07, 6.45) is 4.91. The smallest absolute Gasteiger partial charge is 0.0683 e. The van der Waals surface area contributed by atoms with Crippen LogP contribution in [0.2, 0.25) is 0 Å². The topological polar surface area (TPSA) is 27.0 Å². The minimum absolute atomic E-state index is 0.135. The van der Waals surface area contributed by atoms with Gasteiger partial charge in [-0.2, -0.15) is 5.26 Å². The van der Waals surface area contributed by atoms with E-state index in [1.807, 2.05) is 13.8 Å². The van der Waals surface area contributed by atoms with E-state index in [1.165, 1.54) is 12.8 Å². The molecule has 0 heterocycles. The Balaban J connectivity index is 2.09. The first-order valence-corrected chi connectivity index (χ1v) is 5.17. The monoisotopic (exact) mass is 180 g/mol. The molecule has 0 N–H and O–H groups in total. The van der Waals surface area contributed by atoms with E-state index in [2.05, 4.69) is 18.0 Å². The minimum Gasteiger partial charge on any atom is -0.303 e. The Morgan fingerprint density at radius 3 is 2.54 bits per heavy atom. The lowest BCUT2D eigenvalue weighted by Gasteiger charge is -2.19. The molecule has 0 aromatic heterocycles. The third-order valence-electron chi connectivity index (χ3n) is 2.79. The molecule has 0 bridgehead atoms. The zero-order valence-corrected chi connectivity index (χ0v) is 9.01. The van der Waals surface area contributed by atoms with Crippen molar-refractivity contribution >= 4 is 0 Å². The SMILES string of the molecule is CN(CCCC(C)(C)C#N)C1CC1. The van der Waals surface area contributed by atoms with Gasteiger partial charge in [0.1, 0.15) is 0 Å². The molecule has 0 atom stereocenters. The second-order valence-electron chi connectivity index (χ2n) is 4.81. The van der Waals surface area contributed by atoms with E-state index < -0.39 is 0 Å². The van der Waals surface area contributed by atoms with Crippen LogP contribution in [0.5, 0.6) is 0 Å². The molecule has 0 aromatic rings. The molecule has 0 aromatic carbocycles. The van der Waals surface area contributed by atoms with Gasteiger partial charge in [0.15, 0.2) is 0 Å². The molecule has 1 aliphatic carbocycles. The first-order chi connectivity index (χ1) is 6.05. The summed E-state index contributed by atoms with van der Waals surface area (Å²) in [5.41, 5.74) is -0.135. The van der Waals surface area contributed by atoms with Crippen LogP contribution in [0.1, 0.15) is 39.5 Å². The highest BCUT2D eigenvalue weighted by molar-refractivity contribution is 4.91. The summed E-state index contributed by atoms with van der Waals surface area (Å²) in [7, 11) is 2.19. The molecule has 0 spiro atoms. The maximum Gasteiger partial charge on any atom is 0.0683 e. The van der Waals surface area contributed by atoms with E-state index in [0.29, 0.717) is 0 Å². The summed E-state index contributed by atoms with van der Waals surface area (Å²) in [6, 6.07) is 3.19. The van der Waals surface area contributed by atoms with Crippen LogP contribution in [0.25, 0.3) is 0 Å². The lowest BCUT2D eigenvalue weighted by Crippen LogP contribution is -2.23. The van der Waals surface area contributed by atoms with Gasteiger partial charge >= 0.3 is 0 Å². The highest BCUT2D eigenvalue weighted by Gasteiger charge is 2.26. The Bertz CT molecular complexity index is 199. The van der Waals surface area contributed by atoms with Crippen molar-refractivity contribution in [2.24, 2.45) is 5.41 Å². The fourth-order valence-electron chi connectivity index (χ4n) is 1.52. The van der Waals surface area contributed by atoms with Crippen LogP contribution < -0.4 is 0 Å². The highest BCUT2D eigenvalue weighted by Crippen LogP contribution is 2.26. The van der Waals surface area contributed by atoms with Crippen LogP contribution in [0.3, 0.4) is 0 Å². The van der Waals surface area contributed by atoms with Crippen molar-refractivity contribution in [3.05, 3.63) is 0 Å². The van der Waals surface area contributed by atoms with Crippen molar-refractivity contribution in [2.75, 3.05) is 13.6 Å². The summed E-state index contributed by atoms with van der Waals surface area (Å²) < 4.78 is 0. The van der Waals surface area contributed by atoms with Crippen molar-refractivity contribution in [2.45, 2.75) is 45.6 Å². The van der Waals surface area contributed by atoms with E-state index in [1.54, 1.807) is 0 Å². The number of nitriles is 1. The predicted octanol–water partition coefficient (Wildman–Crippen LogP) is 2.41. The van der Waals surface area contributed by atoms with Gasteiger partial charge in [-0.25, -0.2) is 0 Å². The Hall–Kier alpha value is -0.550. The molecule has 1 aliphatic rings. The molecule has 0 saturated heterocycles. The average molecular weight is 180 g/mol. The van der Waals surface area contributed by atoms with Crippen LogP contribution in [0.15, 0.2) is 0 Å².